The summed E-state index contributed by atoms with van der Waals surface area (Å²) in [4.78, 5) is 0. The second-order valence-electron chi connectivity index (χ2n) is 8.88. The fraction of sp³-hybridized carbons (Fsp3) is 1.00. The molecule has 33 heavy (non-hydrogen) atoms. The summed E-state index contributed by atoms with van der Waals surface area (Å²) in [5.74, 6) is 0. The van der Waals surface area contributed by atoms with E-state index in [4.69, 9.17) is 47.6 Å². The molecule has 0 aromatic rings. The lowest BCUT2D eigenvalue weighted by Gasteiger charge is -2.48. The van der Waals surface area contributed by atoms with Gasteiger partial charge in [0, 0.05) is 18.6 Å². The molecule has 2 saturated heterocycles. The Morgan fingerprint density at radius 2 is 1.24 bits per heavy atom. The molecule has 1 aliphatic carbocycles. The normalized spacial score (nSPS) is 53.7. The van der Waals surface area contributed by atoms with Crippen molar-refractivity contribution in [3.8, 4) is 0 Å². The van der Waals surface area contributed by atoms with Gasteiger partial charge in [-0.1, -0.05) is 0 Å². The second-order valence-corrected chi connectivity index (χ2v) is 8.88. The van der Waals surface area contributed by atoms with Crippen molar-refractivity contribution < 1.29 is 49.6 Å². The zero-order valence-corrected chi connectivity index (χ0v) is 18.0. The van der Waals surface area contributed by atoms with Gasteiger partial charge in [0.05, 0.1) is 24.8 Å². The second kappa shape index (κ2) is 11.0. The Morgan fingerprint density at radius 1 is 0.667 bits per heavy atom. The molecule has 3 rings (SSSR count). The van der Waals surface area contributed by atoms with E-state index < -0.39 is 98.3 Å². The average molecular weight is 484 g/mol. The third-order valence-corrected chi connectivity index (χ3v) is 6.57. The van der Waals surface area contributed by atoms with Gasteiger partial charge in [-0.05, 0) is 6.42 Å². The van der Waals surface area contributed by atoms with Crippen LogP contribution in [0.3, 0.4) is 0 Å². The summed E-state index contributed by atoms with van der Waals surface area (Å²) in [6.45, 7) is -0.680. The van der Waals surface area contributed by atoms with Gasteiger partial charge in [0.2, 0.25) is 0 Å². The van der Waals surface area contributed by atoms with E-state index in [-0.39, 0.29) is 13.0 Å². The van der Waals surface area contributed by atoms with Gasteiger partial charge >= 0.3 is 0 Å². The maximum atomic E-state index is 10.7. The lowest BCUT2D eigenvalue weighted by molar-refractivity contribution is -0.331. The molecule has 3 aliphatic rings. The van der Waals surface area contributed by atoms with Crippen LogP contribution in [0.1, 0.15) is 6.42 Å². The van der Waals surface area contributed by atoms with Gasteiger partial charge in [-0.3, -0.25) is 0 Å². The van der Waals surface area contributed by atoms with Crippen LogP contribution in [0, 0.1) is 0 Å². The van der Waals surface area contributed by atoms with Crippen LogP contribution in [-0.2, 0) is 18.9 Å². The summed E-state index contributed by atoms with van der Waals surface area (Å²) in [5, 5.41) is 61.1. The van der Waals surface area contributed by atoms with Crippen LogP contribution < -0.4 is 28.7 Å². The van der Waals surface area contributed by atoms with Crippen LogP contribution in [0.5, 0.6) is 0 Å². The predicted octanol–water partition coefficient (Wildman–Crippen LogP) is -7.33. The largest absolute Gasteiger partial charge is 0.394 e. The smallest absolute Gasteiger partial charge is 0.187 e. The summed E-state index contributed by atoms with van der Waals surface area (Å²) < 4.78 is 22.7. The maximum Gasteiger partial charge on any atom is 0.187 e. The van der Waals surface area contributed by atoms with Gasteiger partial charge in [0.15, 0.2) is 12.6 Å². The van der Waals surface area contributed by atoms with E-state index in [0.29, 0.717) is 0 Å². The van der Waals surface area contributed by atoms with E-state index in [1.54, 1.807) is 0 Å². The van der Waals surface area contributed by atoms with Crippen LogP contribution in [0.15, 0.2) is 0 Å². The quantitative estimate of drug-likeness (QED) is 0.167. The SMILES string of the molecule is NC[C@H]1O[C@H](O[C@H]2[C@H](O[C@@H]3O[C@H](CO)[C@@H](N)[C@@H](O)[C@H]3O)[C@@H](O)[C@H](N)C[C@@H]2N)[C@H](N)[C@@H](O)[C@@H]1O. The van der Waals surface area contributed by atoms with Crippen molar-refractivity contribution >= 4 is 0 Å². The zero-order chi connectivity index (χ0) is 24.6. The molecule has 15 nitrogen and oxygen atoms in total. The van der Waals surface area contributed by atoms with Crippen LogP contribution in [0.4, 0.5) is 0 Å². The third kappa shape index (κ3) is 5.32. The van der Waals surface area contributed by atoms with E-state index in [1.165, 1.54) is 0 Å². The Labute approximate surface area is 190 Å². The molecule has 0 bridgehead atoms. The van der Waals surface area contributed by atoms with Crippen LogP contribution in [0.2, 0.25) is 0 Å². The highest BCUT2D eigenvalue weighted by molar-refractivity contribution is 5.01. The molecule has 3 fully saturated rings. The lowest BCUT2D eigenvalue weighted by atomic mass is 9.84. The molecule has 0 spiro atoms. The van der Waals surface area contributed by atoms with Crippen molar-refractivity contribution in [1.29, 1.82) is 0 Å². The number of nitrogens with two attached hydrogens (primary N) is 5. The Morgan fingerprint density at radius 3 is 1.85 bits per heavy atom. The predicted molar refractivity (Wildman–Crippen MR) is 110 cm³/mol. The van der Waals surface area contributed by atoms with Crippen LogP contribution in [-0.4, -0.2) is 135 Å². The van der Waals surface area contributed by atoms with Crippen molar-refractivity contribution in [3.05, 3.63) is 0 Å². The summed E-state index contributed by atoms with van der Waals surface area (Å²) >= 11 is 0. The molecule has 1 saturated carbocycles. The maximum absolute atomic E-state index is 10.7. The standard InChI is InChI=1S/C18H37N5O10/c19-2-6-11(26)13(28)9(23)17(30-6)32-15-5(21)1-4(20)10(25)16(15)33-18-14(29)12(27)8(22)7(3-24)31-18/h4-18,24-29H,1-3,19-23H2/t4-,5+,6-,7-,8-,9-,10+,11-,12-,13-,14-,15-,16-,17-,18+/m1/s1. The van der Waals surface area contributed by atoms with Gasteiger partial charge in [0.25, 0.3) is 0 Å². The van der Waals surface area contributed by atoms with E-state index in [1.807, 2.05) is 0 Å². The van der Waals surface area contributed by atoms with Crippen molar-refractivity contribution in [1.82, 2.24) is 0 Å². The fourth-order valence-electron chi connectivity index (χ4n) is 4.41. The monoisotopic (exact) mass is 483 g/mol. The van der Waals surface area contributed by atoms with Crippen LogP contribution in [0.25, 0.3) is 0 Å². The molecule has 0 aromatic carbocycles. The minimum absolute atomic E-state index is 0.125. The Balaban J connectivity index is 1.80. The molecule has 0 amide bonds. The lowest BCUT2D eigenvalue weighted by Crippen LogP contribution is -2.69. The van der Waals surface area contributed by atoms with Crippen molar-refractivity contribution in [2.75, 3.05) is 13.2 Å². The third-order valence-electron chi connectivity index (χ3n) is 6.57. The number of aliphatic hydroxyl groups is 6. The molecule has 2 aliphatic heterocycles. The first-order valence-corrected chi connectivity index (χ1v) is 10.9. The number of hydrogen-bond acceptors (Lipinski definition) is 15. The highest BCUT2D eigenvalue weighted by atomic mass is 16.7. The van der Waals surface area contributed by atoms with E-state index in [0.717, 1.165) is 0 Å². The first-order chi connectivity index (χ1) is 15.5. The number of ether oxygens (including phenoxy) is 4. The van der Waals surface area contributed by atoms with Crippen molar-refractivity contribution in [2.24, 2.45) is 28.7 Å². The molecular formula is C18H37N5O10. The molecule has 15 heteroatoms. The highest BCUT2D eigenvalue weighted by Gasteiger charge is 2.51. The van der Waals surface area contributed by atoms with Crippen molar-refractivity contribution in [2.45, 2.75) is 98.1 Å². The van der Waals surface area contributed by atoms with Crippen molar-refractivity contribution in [3.63, 3.8) is 0 Å². The summed E-state index contributed by atoms with van der Waals surface area (Å²) in [7, 11) is 0. The number of hydrogen-bond donors (Lipinski definition) is 11. The van der Waals surface area contributed by atoms with E-state index >= 15 is 0 Å². The molecule has 0 radical (unpaired) electrons. The minimum atomic E-state index is -1.61. The minimum Gasteiger partial charge on any atom is -0.394 e. The summed E-state index contributed by atoms with van der Waals surface area (Å²) in [5.41, 5.74) is 29.5. The van der Waals surface area contributed by atoms with Gasteiger partial charge in [-0.25, -0.2) is 0 Å². The molecule has 16 N–H and O–H groups in total. The topological polar surface area (TPSA) is 288 Å². The number of rotatable bonds is 6. The molecule has 194 valence electrons. The summed E-state index contributed by atoms with van der Waals surface area (Å²) in [6.07, 6.45) is -14.3. The number of aliphatic hydroxyl groups excluding tert-OH is 6. The zero-order valence-electron chi connectivity index (χ0n) is 18.0. The first-order valence-electron chi connectivity index (χ1n) is 10.9. The van der Waals surface area contributed by atoms with Gasteiger partial charge < -0.3 is 78.3 Å². The van der Waals surface area contributed by atoms with Gasteiger partial charge in [-0.15, -0.1) is 0 Å². The average Bonchev–Trinajstić information content (AvgIpc) is 2.79. The molecule has 2 heterocycles. The Bertz CT molecular complexity index is 635. The van der Waals surface area contributed by atoms with Gasteiger partial charge in [0.1, 0.15) is 48.8 Å². The Hall–Kier alpha value is -0.600. The fourth-order valence-corrected chi connectivity index (χ4v) is 4.41. The molecule has 0 aromatic heterocycles. The summed E-state index contributed by atoms with van der Waals surface area (Å²) in [6, 6.07) is -3.88. The molecular weight excluding hydrogens is 446 g/mol. The molecule has 15 atom stereocenters. The highest BCUT2D eigenvalue weighted by Crippen LogP contribution is 2.31. The molecule has 0 unspecified atom stereocenters. The van der Waals surface area contributed by atoms with Gasteiger partial charge in [-0.2, -0.15) is 0 Å². The first kappa shape index (κ1) is 27.0. The van der Waals surface area contributed by atoms with E-state index in [2.05, 4.69) is 0 Å². The van der Waals surface area contributed by atoms with E-state index in [9.17, 15) is 30.6 Å². The Kier molecular flexibility index (Phi) is 8.99. The van der Waals surface area contributed by atoms with Crippen LogP contribution >= 0.6 is 0 Å².